The number of aliphatic imine (C=N–C) groups is 1. The van der Waals surface area contributed by atoms with E-state index >= 15 is 0 Å². The topological polar surface area (TPSA) is 52.6 Å². The number of piperidine rings is 1. The first-order valence-corrected chi connectivity index (χ1v) is 8.40. The molecule has 0 aliphatic carbocycles. The minimum Gasteiger partial charge on any atom is -0.370 e. The second kappa shape index (κ2) is 9.28. The summed E-state index contributed by atoms with van der Waals surface area (Å²) in [6.45, 7) is 6.51. The number of nitrogens with one attached hydrogen (secondary N) is 2. The van der Waals surface area contributed by atoms with E-state index in [0.717, 1.165) is 56.7 Å². The normalized spacial score (nSPS) is 19.1. The minimum absolute atomic E-state index is 0.773. The molecule has 1 aliphatic rings. The molecule has 5 nitrogen and oxygen atoms in total. The SMILES string of the molecule is CN=C(NCCCCNc1ccccn1)N1CCCC(C)C1. The van der Waals surface area contributed by atoms with Gasteiger partial charge in [0, 0.05) is 39.4 Å². The summed E-state index contributed by atoms with van der Waals surface area (Å²) >= 11 is 0. The van der Waals surface area contributed by atoms with Crippen molar-refractivity contribution in [2.45, 2.75) is 32.6 Å². The number of hydrogen-bond donors (Lipinski definition) is 2. The molecule has 1 aliphatic heterocycles. The van der Waals surface area contributed by atoms with E-state index in [0.29, 0.717) is 0 Å². The Morgan fingerprint density at radius 3 is 2.95 bits per heavy atom. The summed E-state index contributed by atoms with van der Waals surface area (Å²) in [6.07, 6.45) is 6.68. The summed E-state index contributed by atoms with van der Waals surface area (Å²) < 4.78 is 0. The maximum absolute atomic E-state index is 4.42. The number of likely N-dealkylation sites (tertiary alicyclic amines) is 1. The van der Waals surface area contributed by atoms with Crippen molar-refractivity contribution in [3.63, 3.8) is 0 Å². The quantitative estimate of drug-likeness (QED) is 0.482. The van der Waals surface area contributed by atoms with Gasteiger partial charge in [0.05, 0.1) is 0 Å². The van der Waals surface area contributed by atoms with Gasteiger partial charge in [-0.05, 0) is 43.7 Å². The molecule has 1 aromatic heterocycles. The van der Waals surface area contributed by atoms with E-state index in [2.05, 4.69) is 32.4 Å². The molecule has 5 heteroatoms. The van der Waals surface area contributed by atoms with Crippen LogP contribution in [-0.2, 0) is 0 Å². The van der Waals surface area contributed by atoms with Gasteiger partial charge < -0.3 is 15.5 Å². The van der Waals surface area contributed by atoms with Crippen LogP contribution in [0.1, 0.15) is 32.6 Å². The van der Waals surface area contributed by atoms with E-state index in [9.17, 15) is 0 Å². The van der Waals surface area contributed by atoms with Crippen LogP contribution < -0.4 is 10.6 Å². The van der Waals surface area contributed by atoms with Gasteiger partial charge in [0.1, 0.15) is 5.82 Å². The monoisotopic (exact) mass is 303 g/mol. The van der Waals surface area contributed by atoms with Crippen LogP contribution in [0.4, 0.5) is 5.82 Å². The smallest absolute Gasteiger partial charge is 0.193 e. The zero-order valence-electron chi connectivity index (χ0n) is 13.9. The maximum atomic E-state index is 4.42. The zero-order valence-corrected chi connectivity index (χ0v) is 13.9. The Labute approximate surface area is 134 Å². The molecule has 2 heterocycles. The number of pyridine rings is 1. The van der Waals surface area contributed by atoms with Crippen molar-refractivity contribution >= 4 is 11.8 Å². The van der Waals surface area contributed by atoms with Crippen LogP contribution in [0.5, 0.6) is 0 Å². The third-order valence-electron chi connectivity index (χ3n) is 4.03. The van der Waals surface area contributed by atoms with E-state index < -0.39 is 0 Å². The predicted molar refractivity (Wildman–Crippen MR) is 93.3 cm³/mol. The molecule has 0 bridgehead atoms. The van der Waals surface area contributed by atoms with Gasteiger partial charge in [0.15, 0.2) is 5.96 Å². The molecule has 22 heavy (non-hydrogen) atoms. The average Bonchev–Trinajstić information content (AvgIpc) is 2.55. The summed E-state index contributed by atoms with van der Waals surface area (Å²) in [4.78, 5) is 11.1. The first kappa shape index (κ1) is 16.6. The van der Waals surface area contributed by atoms with Crippen LogP contribution in [0, 0.1) is 5.92 Å². The van der Waals surface area contributed by atoms with Gasteiger partial charge in [-0.15, -0.1) is 0 Å². The highest BCUT2D eigenvalue weighted by atomic mass is 15.3. The molecule has 2 rings (SSSR count). The highest BCUT2D eigenvalue weighted by Gasteiger charge is 2.18. The van der Waals surface area contributed by atoms with Crippen molar-refractivity contribution in [2.75, 3.05) is 38.5 Å². The Kier molecular flexibility index (Phi) is 7.00. The predicted octanol–water partition coefficient (Wildman–Crippen LogP) is 2.58. The van der Waals surface area contributed by atoms with E-state index in [-0.39, 0.29) is 0 Å². The summed E-state index contributed by atoms with van der Waals surface area (Å²) in [5.41, 5.74) is 0. The Morgan fingerprint density at radius 2 is 2.23 bits per heavy atom. The van der Waals surface area contributed by atoms with Crippen molar-refractivity contribution in [3.05, 3.63) is 24.4 Å². The third kappa shape index (κ3) is 5.54. The summed E-state index contributed by atoms with van der Waals surface area (Å²) in [7, 11) is 1.88. The van der Waals surface area contributed by atoms with E-state index in [1.165, 1.54) is 12.8 Å². The van der Waals surface area contributed by atoms with Gasteiger partial charge in [0.2, 0.25) is 0 Å². The molecule has 0 saturated carbocycles. The van der Waals surface area contributed by atoms with Gasteiger partial charge >= 0.3 is 0 Å². The zero-order chi connectivity index (χ0) is 15.6. The van der Waals surface area contributed by atoms with Crippen molar-refractivity contribution in [2.24, 2.45) is 10.9 Å². The molecule has 1 saturated heterocycles. The molecule has 0 amide bonds. The number of rotatable bonds is 6. The fourth-order valence-corrected chi connectivity index (χ4v) is 2.85. The minimum atomic E-state index is 0.773. The van der Waals surface area contributed by atoms with Crippen LogP contribution in [0.25, 0.3) is 0 Å². The van der Waals surface area contributed by atoms with Gasteiger partial charge in [-0.2, -0.15) is 0 Å². The van der Waals surface area contributed by atoms with Crippen molar-refractivity contribution in [3.8, 4) is 0 Å². The second-order valence-electron chi connectivity index (χ2n) is 6.02. The third-order valence-corrected chi connectivity index (χ3v) is 4.03. The maximum Gasteiger partial charge on any atom is 0.193 e. The second-order valence-corrected chi connectivity index (χ2v) is 6.02. The van der Waals surface area contributed by atoms with Crippen LogP contribution in [-0.4, -0.2) is 49.1 Å². The van der Waals surface area contributed by atoms with Crippen LogP contribution in [0.3, 0.4) is 0 Å². The highest BCUT2D eigenvalue weighted by Crippen LogP contribution is 2.15. The fourth-order valence-electron chi connectivity index (χ4n) is 2.85. The molecule has 122 valence electrons. The number of unbranched alkanes of at least 4 members (excludes halogenated alkanes) is 1. The molecule has 1 fully saturated rings. The molecule has 0 radical (unpaired) electrons. The van der Waals surface area contributed by atoms with E-state index in [4.69, 9.17) is 0 Å². The van der Waals surface area contributed by atoms with Gasteiger partial charge in [-0.3, -0.25) is 4.99 Å². The number of nitrogens with zero attached hydrogens (tertiary/aromatic N) is 3. The van der Waals surface area contributed by atoms with E-state index in [1.54, 1.807) is 0 Å². The van der Waals surface area contributed by atoms with Crippen LogP contribution in [0.15, 0.2) is 29.4 Å². The van der Waals surface area contributed by atoms with E-state index in [1.807, 2.05) is 31.4 Å². The van der Waals surface area contributed by atoms with Gasteiger partial charge in [0.25, 0.3) is 0 Å². The molecular weight excluding hydrogens is 274 g/mol. The molecule has 0 spiro atoms. The lowest BCUT2D eigenvalue weighted by molar-refractivity contribution is 0.266. The van der Waals surface area contributed by atoms with Gasteiger partial charge in [-0.25, -0.2) is 4.98 Å². The van der Waals surface area contributed by atoms with Crippen molar-refractivity contribution < 1.29 is 0 Å². The summed E-state index contributed by atoms with van der Waals surface area (Å²) in [5.74, 6) is 2.78. The average molecular weight is 303 g/mol. The number of hydrogen-bond acceptors (Lipinski definition) is 3. The molecule has 1 aromatic rings. The standard InChI is InChI=1S/C17H29N5/c1-15-8-7-13-22(14-15)17(18-2)21-12-6-5-11-20-16-9-3-4-10-19-16/h3-4,9-10,15H,5-8,11-14H2,1-2H3,(H,18,21)(H,19,20). The number of guanidine groups is 1. The Hall–Kier alpha value is -1.78. The van der Waals surface area contributed by atoms with Crippen molar-refractivity contribution in [1.82, 2.24) is 15.2 Å². The van der Waals surface area contributed by atoms with Crippen LogP contribution in [0.2, 0.25) is 0 Å². The lowest BCUT2D eigenvalue weighted by Gasteiger charge is -2.33. The Bertz CT molecular complexity index is 446. The molecule has 1 atom stereocenters. The Morgan fingerprint density at radius 1 is 1.36 bits per heavy atom. The summed E-state index contributed by atoms with van der Waals surface area (Å²) in [5, 5.41) is 6.83. The summed E-state index contributed by atoms with van der Waals surface area (Å²) in [6, 6.07) is 5.93. The molecule has 1 unspecified atom stereocenters. The first-order chi connectivity index (χ1) is 10.8. The first-order valence-electron chi connectivity index (χ1n) is 8.40. The Balaban J connectivity index is 1.59. The van der Waals surface area contributed by atoms with Gasteiger partial charge in [-0.1, -0.05) is 13.0 Å². The lowest BCUT2D eigenvalue weighted by Crippen LogP contribution is -2.46. The molecule has 2 N–H and O–H groups in total. The molecular formula is C17H29N5. The van der Waals surface area contributed by atoms with Crippen LogP contribution >= 0.6 is 0 Å². The van der Waals surface area contributed by atoms with Crippen molar-refractivity contribution in [1.29, 1.82) is 0 Å². The largest absolute Gasteiger partial charge is 0.370 e. The highest BCUT2D eigenvalue weighted by molar-refractivity contribution is 5.79. The molecule has 0 aromatic carbocycles. The fraction of sp³-hybridized carbons (Fsp3) is 0.647. The lowest BCUT2D eigenvalue weighted by atomic mass is 10.0. The number of anilines is 1. The number of aromatic nitrogens is 1.